The van der Waals surface area contributed by atoms with Crippen LogP contribution in [-0.4, -0.2) is 31.3 Å². The Hall–Kier alpha value is -2.03. The molecule has 116 valence electrons. The molecule has 0 aliphatic carbocycles. The number of carbonyl (C=O) groups is 2. The molecule has 0 saturated heterocycles. The Morgan fingerprint density at radius 3 is 2.52 bits per heavy atom. The van der Waals surface area contributed by atoms with E-state index in [-0.39, 0.29) is 10.8 Å². The fourth-order valence-electron chi connectivity index (χ4n) is 1.12. The van der Waals surface area contributed by atoms with Crippen molar-refractivity contribution >= 4 is 23.5 Å². The van der Waals surface area contributed by atoms with Gasteiger partial charge in [0, 0.05) is 0 Å². The third kappa shape index (κ3) is 6.80. The smallest absolute Gasteiger partial charge is 0.405 e. The molecule has 0 atom stereocenters. The number of hydrogen-bond donors (Lipinski definition) is 2. The van der Waals surface area contributed by atoms with Crippen molar-refractivity contribution in [2.75, 3.05) is 13.2 Å². The maximum atomic E-state index is 12.7. The summed E-state index contributed by atoms with van der Waals surface area (Å²) >= 11 is 5.62. The quantitative estimate of drug-likeness (QED) is 0.833. The molecule has 0 radical (unpaired) electrons. The van der Waals surface area contributed by atoms with Gasteiger partial charge >= 0.3 is 12.2 Å². The molecule has 1 rings (SSSR count). The minimum absolute atomic E-state index is 0.0103. The van der Waals surface area contributed by atoms with Crippen molar-refractivity contribution in [2.45, 2.75) is 6.18 Å². The standard InChI is InChI=1S/C11H9ClF4N2O3/c12-7-3-6(13)1-2-8(7)21-4-9(19)18-10(20)17-5-11(14,15)16/h1-3H,4-5H2,(H2,17,18,19,20). The van der Waals surface area contributed by atoms with Gasteiger partial charge in [-0.1, -0.05) is 11.6 Å². The molecule has 5 nitrogen and oxygen atoms in total. The topological polar surface area (TPSA) is 67.4 Å². The van der Waals surface area contributed by atoms with E-state index in [1.807, 2.05) is 0 Å². The lowest BCUT2D eigenvalue weighted by molar-refractivity contribution is -0.125. The van der Waals surface area contributed by atoms with E-state index < -0.39 is 37.1 Å². The van der Waals surface area contributed by atoms with Crippen LogP contribution in [0.25, 0.3) is 0 Å². The van der Waals surface area contributed by atoms with Gasteiger partial charge in [-0.05, 0) is 18.2 Å². The number of carbonyl (C=O) groups excluding carboxylic acids is 2. The first-order valence-corrected chi connectivity index (χ1v) is 5.77. The number of ether oxygens (including phenoxy) is 1. The van der Waals surface area contributed by atoms with Crippen LogP contribution >= 0.6 is 11.6 Å². The summed E-state index contributed by atoms with van der Waals surface area (Å²) in [6.45, 7) is -2.25. The third-order valence-corrected chi connectivity index (χ3v) is 2.25. The molecule has 0 saturated carbocycles. The minimum Gasteiger partial charge on any atom is -0.482 e. The highest BCUT2D eigenvalue weighted by Crippen LogP contribution is 2.24. The Balaban J connectivity index is 2.39. The van der Waals surface area contributed by atoms with E-state index in [2.05, 4.69) is 0 Å². The van der Waals surface area contributed by atoms with Crippen molar-refractivity contribution in [1.82, 2.24) is 10.6 Å². The molecule has 21 heavy (non-hydrogen) atoms. The van der Waals surface area contributed by atoms with Gasteiger partial charge in [0.1, 0.15) is 18.1 Å². The van der Waals surface area contributed by atoms with Crippen LogP contribution in [-0.2, 0) is 4.79 Å². The molecule has 1 aromatic carbocycles. The average molecular weight is 329 g/mol. The van der Waals surface area contributed by atoms with Gasteiger partial charge in [0.15, 0.2) is 6.61 Å². The zero-order valence-electron chi connectivity index (χ0n) is 10.3. The number of hydrogen-bond acceptors (Lipinski definition) is 3. The number of urea groups is 1. The van der Waals surface area contributed by atoms with E-state index in [4.69, 9.17) is 16.3 Å². The largest absolute Gasteiger partial charge is 0.482 e. The van der Waals surface area contributed by atoms with Gasteiger partial charge in [0.25, 0.3) is 5.91 Å². The lowest BCUT2D eigenvalue weighted by atomic mass is 10.3. The highest BCUT2D eigenvalue weighted by atomic mass is 35.5. The van der Waals surface area contributed by atoms with Crippen molar-refractivity contribution in [3.63, 3.8) is 0 Å². The summed E-state index contributed by atoms with van der Waals surface area (Å²) in [5, 5.41) is 2.97. The molecule has 1 aromatic rings. The van der Waals surface area contributed by atoms with Crippen molar-refractivity contribution in [3.05, 3.63) is 29.0 Å². The van der Waals surface area contributed by atoms with E-state index in [1.54, 1.807) is 5.32 Å². The van der Waals surface area contributed by atoms with E-state index in [0.717, 1.165) is 18.2 Å². The van der Waals surface area contributed by atoms with Gasteiger partial charge in [0.05, 0.1) is 5.02 Å². The normalized spacial score (nSPS) is 10.9. The SMILES string of the molecule is O=C(COc1ccc(F)cc1Cl)NC(=O)NCC(F)(F)F. The number of nitrogens with one attached hydrogen (secondary N) is 2. The van der Waals surface area contributed by atoms with Crippen LogP contribution in [0.4, 0.5) is 22.4 Å². The molecule has 10 heteroatoms. The molecule has 0 heterocycles. The zero-order chi connectivity index (χ0) is 16.0. The maximum absolute atomic E-state index is 12.7. The van der Waals surface area contributed by atoms with Gasteiger partial charge in [-0.3, -0.25) is 10.1 Å². The van der Waals surface area contributed by atoms with Crippen molar-refractivity contribution in [2.24, 2.45) is 0 Å². The summed E-state index contributed by atoms with van der Waals surface area (Å²) in [6.07, 6.45) is -4.58. The van der Waals surface area contributed by atoms with Gasteiger partial charge in [-0.25, -0.2) is 9.18 Å². The van der Waals surface area contributed by atoms with E-state index in [1.165, 1.54) is 5.32 Å². The summed E-state index contributed by atoms with van der Waals surface area (Å²) in [7, 11) is 0. The summed E-state index contributed by atoms with van der Waals surface area (Å²) in [6, 6.07) is 1.83. The van der Waals surface area contributed by atoms with E-state index >= 15 is 0 Å². The van der Waals surface area contributed by atoms with Crippen LogP contribution < -0.4 is 15.4 Å². The Kier molecular flexibility index (Phi) is 5.77. The molecule has 0 aliphatic heterocycles. The first kappa shape index (κ1) is 17.0. The van der Waals surface area contributed by atoms with Gasteiger partial charge in [-0.15, -0.1) is 0 Å². The lowest BCUT2D eigenvalue weighted by Crippen LogP contribution is -2.44. The lowest BCUT2D eigenvalue weighted by Gasteiger charge is -2.10. The molecule has 0 bridgehead atoms. The molecule has 0 aliphatic rings. The van der Waals surface area contributed by atoms with Gasteiger partial charge in [-0.2, -0.15) is 13.2 Å². The maximum Gasteiger partial charge on any atom is 0.405 e. The first-order valence-electron chi connectivity index (χ1n) is 5.39. The fourth-order valence-corrected chi connectivity index (χ4v) is 1.34. The van der Waals surface area contributed by atoms with Crippen molar-refractivity contribution < 1.29 is 31.9 Å². The van der Waals surface area contributed by atoms with Crippen LogP contribution in [0.5, 0.6) is 5.75 Å². The average Bonchev–Trinajstić information content (AvgIpc) is 2.34. The number of imide groups is 1. The molecule has 2 N–H and O–H groups in total. The molecule has 0 aromatic heterocycles. The minimum atomic E-state index is -4.58. The molecule has 0 unspecified atom stereocenters. The number of benzene rings is 1. The zero-order valence-corrected chi connectivity index (χ0v) is 11.0. The van der Waals surface area contributed by atoms with Crippen LogP contribution in [0.3, 0.4) is 0 Å². The number of alkyl halides is 3. The Morgan fingerprint density at radius 1 is 1.29 bits per heavy atom. The third-order valence-electron chi connectivity index (χ3n) is 1.96. The number of amides is 3. The Morgan fingerprint density at radius 2 is 1.95 bits per heavy atom. The van der Waals surface area contributed by atoms with Crippen LogP contribution in [0.15, 0.2) is 18.2 Å². The molecule has 0 fully saturated rings. The summed E-state index contributed by atoms with van der Waals surface area (Å²) in [5.74, 6) is -1.61. The second kappa shape index (κ2) is 7.11. The molecule has 0 spiro atoms. The van der Waals surface area contributed by atoms with E-state index in [0.29, 0.717) is 0 Å². The van der Waals surface area contributed by atoms with Gasteiger partial charge in [0.2, 0.25) is 0 Å². The predicted molar refractivity (Wildman–Crippen MR) is 64.5 cm³/mol. The summed E-state index contributed by atoms with van der Waals surface area (Å²) < 4.78 is 53.0. The Labute approximate surface area is 121 Å². The fraction of sp³-hybridized carbons (Fsp3) is 0.273. The monoisotopic (exact) mass is 328 g/mol. The first-order chi connectivity index (χ1) is 9.67. The van der Waals surface area contributed by atoms with Crippen LogP contribution in [0.1, 0.15) is 0 Å². The predicted octanol–water partition coefficient (Wildman–Crippen LogP) is 2.25. The molecular formula is C11H9ClF4N2O3. The number of rotatable bonds is 4. The highest BCUT2D eigenvalue weighted by molar-refractivity contribution is 6.32. The highest BCUT2D eigenvalue weighted by Gasteiger charge is 2.27. The van der Waals surface area contributed by atoms with Gasteiger partial charge < -0.3 is 10.1 Å². The van der Waals surface area contributed by atoms with Crippen molar-refractivity contribution in [3.8, 4) is 5.75 Å². The van der Waals surface area contributed by atoms with E-state index in [9.17, 15) is 27.2 Å². The second-order valence-electron chi connectivity index (χ2n) is 3.71. The second-order valence-corrected chi connectivity index (χ2v) is 4.12. The summed E-state index contributed by atoms with van der Waals surface area (Å²) in [5.41, 5.74) is 0. The molecular weight excluding hydrogens is 320 g/mol. The summed E-state index contributed by atoms with van der Waals surface area (Å²) in [4.78, 5) is 22.2. The Bertz CT molecular complexity index is 537. The van der Waals surface area contributed by atoms with Crippen LogP contribution in [0.2, 0.25) is 5.02 Å². The van der Waals surface area contributed by atoms with Crippen LogP contribution in [0, 0.1) is 5.82 Å². The molecule has 3 amide bonds. The number of halogens is 5. The van der Waals surface area contributed by atoms with Crippen molar-refractivity contribution in [1.29, 1.82) is 0 Å².